The van der Waals surface area contributed by atoms with Gasteiger partial charge in [-0.3, -0.25) is 10.1 Å². The lowest BCUT2D eigenvalue weighted by Crippen LogP contribution is -2.06. The molecule has 0 bridgehead atoms. The Morgan fingerprint density at radius 1 is 1.12 bits per heavy atom. The van der Waals surface area contributed by atoms with E-state index in [0.717, 1.165) is 5.56 Å². The van der Waals surface area contributed by atoms with Gasteiger partial charge in [0.2, 0.25) is 5.90 Å². The van der Waals surface area contributed by atoms with Crippen LogP contribution in [0.3, 0.4) is 0 Å². The number of halogens is 1. The van der Waals surface area contributed by atoms with E-state index in [0.29, 0.717) is 17.9 Å². The Hall–Kier alpha value is -3.97. The molecule has 0 aromatic heterocycles. The van der Waals surface area contributed by atoms with Crippen LogP contribution in [0.4, 0.5) is 5.69 Å². The number of para-hydroxylation sites is 1. The van der Waals surface area contributed by atoms with Crippen LogP contribution >= 0.6 is 11.6 Å². The molecule has 0 aliphatic carbocycles. The number of rotatable bonds is 6. The van der Waals surface area contributed by atoms with E-state index in [1.807, 2.05) is 43.3 Å². The van der Waals surface area contributed by atoms with Crippen LogP contribution in [0.15, 0.2) is 77.4 Å². The third-order valence-electron chi connectivity index (χ3n) is 4.74. The minimum Gasteiger partial charge on any atom is -0.488 e. The third-order valence-corrected chi connectivity index (χ3v) is 5.05. The molecule has 0 saturated carbocycles. The number of esters is 1. The van der Waals surface area contributed by atoms with Crippen molar-refractivity contribution < 1.29 is 19.2 Å². The number of non-ortho nitro benzene ring substituents is 1. The lowest BCUT2D eigenvalue weighted by atomic mass is 10.1. The van der Waals surface area contributed by atoms with Crippen molar-refractivity contribution in [3.63, 3.8) is 0 Å². The van der Waals surface area contributed by atoms with Gasteiger partial charge in [0.15, 0.2) is 5.70 Å². The molecule has 160 valence electrons. The molecule has 0 fully saturated rings. The average molecular weight is 449 g/mol. The second-order valence-electron chi connectivity index (χ2n) is 7.07. The molecule has 3 aromatic rings. The smallest absolute Gasteiger partial charge is 0.363 e. The summed E-state index contributed by atoms with van der Waals surface area (Å²) in [5, 5.41) is 11.0. The minimum absolute atomic E-state index is 0.0146. The molecule has 4 rings (SSSR count). The van der Waals surface area contributed by atoms with E-state index < -0.39 is 10.9 Å². The fraction of sp³-hybridized carbons (Fsp3) is 0.0833. The SMILES string of the molecule is Cc1ccc(COc2ccccc2/C=C2\N=C(c3ccc([N+](=O)[O-])cc3Cl)OC2=O)cc1. The van der Waals surface area contributed by atoms with Crippen molar-refractivity contribution in [2.45, 2.75) is 13.5 Å². The van der Waals surface area contributed by atoms with Crippen LogP contribution in [-0.2, 0) is 16.1 Å². The zero-order valence-electron chi connectivity index (χ0n) is 16.9. The molecule has 0 atom stereocenters. The number of aryl methyl sites for hydroxylation is 1. The first kappa shape index (κ1) is 21.3. The number of nitro benzene ring substituents is 1. The highest BCUT2D eigenvalue weighted by Crippen LogP contribution is 2.29. The van der Waals surface area contributed by atoms with E-state index in [1.165, 1.54) is 23.8 Å². The number of hydrogen-bond acceptors (Lipinski definition) is 6. The molecule has 1 aliphatic heterocycles. The van der Waals surface area contributed by atoms with E-state index in [-0.39, 0.29) is 27.9 Å². The largest absolute Gasteiger partial charge is 0.488 e. The Bertz CT molecular complexity index is 1270. The van der Waals surface area contributed by atoms with Gasteiger partial charge < -0.3 is 9.47 Å². The van der Waals surface area contributed by atoms with Crippen LogP contribution < -0.4 is 4.74 Å². The van der Waals surface area contributed by atoms with Crippen molar-refractivity contribution in [1.82, 2.24) is 0 Å². The molecule has 0 spiro atoms. The Morgan fingerprint density at radius 3 is 2.59 bits per heavy atom. The van der Waals surface area contributed by atoms with E-state index in [9.17, 15) is 14.9 Å². The van der Waals surface area contributed by atoms with Crippen molar-refractivity contribution in [3.8, 4) is 5.75 Å². The lowest BCUT2D eigenvalue weighted by molar-refractivity contribution is -0.384. The van der Waals surface area contributed by atoms with Crippen LogP contribution in [0.1, 0.15) is 22.3 Å². The third kappa shape index (κ3) is 4.68. The summed E-state index contributed by atoms with van der Waals surface area (Å²) in [6, 6.07) is 19.1. The standard InChI is InChI=1S/C24H17ClN2O5/c1-15-6-8-16(9-7-15)14-31-22-5-3-2-4-17(22)12-21-24(28)32-23(26-21)19-11-10-18(27(29)30)13-20(19)25/h2-13H,14H2,1H3/b21-12-. The predicted octanol–water partition coefficient (Wildman–Crippen LogP) is 5.48. The van der Waals surface area contributed by atoms with Gasteiger partial charge in [0.25, 0.3) is 5.69 Å². The second kappa shape index (κ2) is 9.03. The molecule has 0 N–H and O–H groups in total. The van der Waals surface area contributed by atoms with Crippen LogP contribution in [0, 0.1) is 17.0 Å². The van der Waals surface area contributed by atoms with Crippen LogP contribution in [0.5, 0.6) is 5.75 Å². The van der Waals surface area contributed by atoms with E-state index in [1.54, 1.807) is 18.2 Å². The van der Waals surface area contributed by atoms with Gasteiger partial charge in [-0.15, -0.1) is 0 Å². The maximum atomic E-state index is 12.4. The van der Waals surface area contributed by atoms with Crippen LogP contribution in [0.25, 0.3) is 6.08 Å². The molecule has 0 saturated heterocycles. The van der Waals surface area contributed by atoms with Gasteiger partial charge in [0, 0.05) is 17.7 Å². The number of ether oxygens (including phenoxy) is 2. The summed E-state index contributed by atoms with van der Waals surface area (Å²) in [5.41, 5.74) is 3.04. The maximum absolute atomic E-state index is 12.4. The maximum Gasteiger partial charge on any atom is 0.363 e. The number of hydrogen-bond donors (Lipinski definition) is 0. The molecule has 0 amide bonds. The first-order chi connectivity index (χ1) is 15.4. The quantitative estimate of drug-likeness (QED) is 0.215. The normalized spacial score (nSPS) is 14.2. The lowest BCUT2D eigenvalue weighted by Gasteiger charge is -2.09. The Kier molecular flexibility index (Phi) is 6.00. The zero-order chi connectivity index (χ0) is 22.7. The first-order valence-electron chi connectivity index (χ1n) is 9.65. The Labute approximate surface area is 188 Å². The van der Waals surface area contributed by atoms with Crippen LogP contribution in [0.2, 0.25) is 5.02 Å². The minimum atomic E-state index is -0.650. The average Bonchev–Trinajstić information content (AvgIpc) is 3.14. The molecule has 1 heterocycles. The van der Waals surface area contributed by atoms with Crippen molar-refractivity contribution in [2.75, 3.05) is 0 Å². The molecular formula is C24H17ClN2O5. The highest BCUT2D eigenvalue weighted by Gasteiger charge is 2.26. The second-order valence-corrected chi connectivity index (χ2v) is 7.48. The molecule has 8 heteroatoms. The Balaban J connectivity index is 1.59. The monoisotopic (exact) mass is 448 g/mol. The Morgan fingerprint density at radius 2 is 1.88 bits per heavy atom. The molecule has 32 heavy (non-hydrogen) atoms. The molecule has 1 aliphatic rings. The van der Waals surface area contributed by atoms with E-state index in [4.69, 9.17) is 21.1 Å². The van der Waals surface area contributed by atoms with Crippen molar-refractivity contribution in [1.29, 1.82) is 0 Å². The van der Waals surface area contributed by atoms with Gasteiger partial charge in [-0.1, -0.05) is 59.6 Å². The summed E-state index contributed by atoms with van der Waals surface area (Å²) in [6.45, 7) is 2.39. The zero-order valence-corrected chi connectivity index (χ0v) is 17.7. The summed E-state index contributed by atoms with van der Waals surface area (Å²) in [7, 11) is 0. The van der Waals surface area contributed by atoms with Gasteiger partial charge in [-0.25, -0.2) is 9.79 Å². The summed E-state index contributed by atoms with van der Waals surface area (Å²) >= 11 is 6.13. The number of carbonyl (C=O) groups excluding carboxylic acids is 1. The van der Waals surface area contributed by atoms with Crippen LogP contribution in [-0.4, -0.2) is 16.8 Å². The highest BCUT2D eigenvalue weighted by atomic mass is 35.5. The molecule has 3 aromatic carbocycles. The number of nitrogens with zero attached hydrogens (tertiary/aromatic N) is 2. The summed E-state index contributed by atoms with van der Waals surface area (Å²) in [6.07, 6.45) is 1.57. The molecule has 0 radical (unpaired) electrons. The fourth-order valence-corrected chi connectivity index (χ4v) is 3.29. The predicted molar refractivity (Wildman–Crippen MR) is 121 cm³/mol. The number of benzene rings is 3. The van der Waals surface area contributed by atoms with Crippen molar-refractivity contribution >= 4 is 35.2 Å². The molecule has 7 nitrogen and oxygen atoms in total. The van der Waals surface area contributed by atoms with Gasteiger partial charge in [-0.2, -0.15) is 0 Å². The van der Waals surface area contributed by atoms with Gasteiger partial charge in [0.1, 0.15) is 12.4 Å². The molecular weight excluding hydrogens is 432 g/mol. The van der Waals surface area contributed by atoms with Crippen molar-refractivity contribution in [2.24, 2.45) is 4.99 Å². The van der Waals surface area contributed by atoms with Gasteiger partial charge in [-0.05, 0) is 30.7 Å². The number of cyclic esters (lactones) is 1. The van der Waals surface area contributed by atoms with Crippen molar-refractivity contribution in [3.05, 3.63) is 110 Å². The van der Waals surface area contributed by atoms with Gasteiger partial charge >= 0.3 is 5.97 Å². The number of carbonyl (C=O) groups is 1. The summed E-state index contributed by atoms with van der Waals surface area (Å²) in [5.74, 6) is -0.0765. The fourth-order valence-electron chi connectivity index (χ4n) is 3.04. The van der Waals surface area contributed by atoms with Gasteiger partial charge in [0.05, 0.1) is 15.5 Å². The first-order valence-corrected chi connectivity index (χ1v) is 10.0. The summed E-state index contributed by atoms with van der Waals surface area (Å²) < 4.78 is 11.2. The highest BCUT2D eigenvalue weighted by molar-refractivity contribution is 6.34. The molecule has 0 unspecified atom stereocenters. The topological polar surface area (TPSA) is 91.0 Å². The summed E-state index contributed by atoms with van der Waals surface area (Å²) in [4.78, 5) is 26.9. The van der Waals surface area contributed by atoms with E-state index in [2.05, 4.69) is 4.99 Å². The number of aliphatic imine (C=N–C) groups is 1. The number of nitro groups is 1. The van der Waals surface area contributed by atoms with E-state index >= 15 is 0 Å².